The van der Waals surface area contributed by atoms with E-state index >= 15 is 0 Å². The molecule has 3 nitrogen and oxygen atoms in total. The van der Waals surface area contributed by atoms with Gasteiger partial charge in [0, 0.05) is 18.0 Å². The van der Waals surface area contributed by atoms with Crippen LogP contribution in [0.4, 0.5) is 0 Å². The number of hydrogen-bond acceptors (Lipinski definition) is 3. The second-order valence-electron chi connectivity index (χ2n) is 4.13. The Morgan fingerprint density at radius 3 is 2.84 bits per heavy atom. The first-order chi connectivity index (χ1) is 9.40. The average molecular weight is 251 g/mol. The molecule has 0 saturated carbocycles. The topological polar surface area (TPSA) is 31.4 Å². The number of fused-ring (bicyclic) bond motifs is 1. The maximum Gasteiger partial charge on any atom is 0.191 e. The van der Waals surface area contributed by atoms with Crippen LogP contribution in [0.1, 0.15) is 12.1 Å². The highest BCUT2D eigenvalue weighted by Gasteiger charge is 2.17. The minimum absolute atomic E-state index is 0.602. The van der Waals surface area contributed by atoms with Gasteiger partial charge >= 0.3 is 0 Å². The Morgan fingerprint density at radius 2 is 1.95 bits per heavy atom. The maximum absolute atomic E-state index is 5.60. The molecular weight excluding hydrogens is 238 g/mol. The molecule has 0 aliphatic carbocycles. The van der Waals surface area contributed by atoms with Crippen molar-refractivity contribution < 1.29 is 9.47 Å². The first kappa shape index (κ1) is 11.5. The summed E-state index contributed by atoms with van der Waals surface area (Å²) in [5.41, 5.74) is 0.791. The molecular formula is C16H13NO2. The van der Waals surface area contributed by atoms with Crippen molar-refractivity contribution in [3.8, 4) is 0 Å². The molecule has 0 fully saturated rings. The van der Waals surface area contributed by atoms with Crippen molar-refractivity contribution in [3.05, 3.63) is 73.2 Å². The van der Waals surface area contributed by atoms with E-state index in [-0.39, 0.29) is 0 Å². The molecule has 1 aromatic carbocycles. The monoisotopic (exact) mass is 251 g/mol. The zero-order valence-corrected chi connectivity index (χ0v) is 10.4. The maximum atomic E-state index is 5.60. The van der Waals surface area contributed by atoms with E-state index in [1.165, 1.54) is 12.5 Å². The molecule has 1 aromatic heterocycles. The molecule has 3 rings (SSSR count). The predicted molar refractivity (Wildman–Crippen MR) is 74.8 cm³/mol. The van der Waals surface area contributed by atoms with Crippen LogP contribution < -0.4 is 0 Å². The molecule has 3 heteroatoms. The Morgan fingerprint density at radius 1 is 1.11 bits per heavy atom. The lowest BCUT2D eigenvalue weighted by Gasteiger charge is -2.16. The van der Waals surface area contributed by atoms with E-state index in [0.717, 1.165) is 22.2 Å². The number of pyridine rings is 1. The fourth-order valence-electron chi connectivity index (χ4n) is 2.09. The van der Waals surface area contributed by atoms with Gasteiger partial charge in [-0.05, 0) is 11.5 Å². The number of hydrogen-bond donors (Lipinski definition) is 0. The zero-order valence-electron chi connectivity index (χ0n) is 10.4. The highest BCUT2D eigenvalue weighted by molar-refractivity contribution is 5.91. The first-order valence-electron chi connectivity index (χ1n) is 6.06. The van der Waals surface area contributed by atoms with E-state index in [0.29, 0.717) is 12.2 Å². The lowest BCUT2D eigenvalue weighted by molar-refractivity contribution is 0.271. The van der Waals surface area contributed by atoms with Crippen LogP contribution in [0.5, 0.6) is 0 Å². The van der Waals surface area contributed by atoms with Gasteiger partial charge in [0.1, 0.15) is 18.2 Å². The molecule has 2 aromatic rings. The van der Waals surface area contributed by atoms with Crippen LogP contribution in [0.25, 0.3) is 16.5 Å². The average Bonchev–Trinajstić information content (AvgIpc) is 2.48. The van der Waals surface area contributed by atoms with Crippen molar-refractivity contribution >= 4 is 16.5 Å². The normalized spacial score (nSPS) is 14.1. The second-order valence-corrected chi connectivity index (χ2v) is 4.13. The largest absolute Gasteiger partial charge is 0.462 e. The molecule has 0 unspecified atom stereocenters. The second kappa shape index (κ2) is 4.98. The number of allylic oxidation sites excluding steroid dienone is 1. The van der Waals surface area contributed by atoms with E-state index in [4.69, 9.17) is 9.47 Å². The Hall–Kier alpha value is -2.55. The summed E-state index contributed by atoms with van der Waals surface area (Å²) in [7, 11) is 0. The number of rotatable bonds is 3. The summed E-state index contributed by atoms with van der Waals surface area (Å²) in [6.45, 7) is 3.73. The summed E-state index contributed by atoms with van der Waals surface area (Å²) < 4.78 is 11.1. The molecule has 0 bridgehead atoms. The van der Waals surface area contributed by atoms with Gasteiger partial charge in [0.05, 0.1) is 0 Å². The van der Waals surface area contributed by atoms with E-state index < -0.39 is 0 Å². The standard InChI is InChI=1S/C16H13NO2/c1-2-5-14-16(19-11-10-18-14)15-13-7-4-3-6-12(13)8-9-17-15/h2-4,6-11H,1,5H2. The molecule has 0 amide bonds. The molecule has 0 spiro atoms. The van der Waals surface area contributed by atoms with Crippen molar-refractivity contribution in [1.29, 1.82) is 0 Å². The molecule has 2 heterocycles. The van der Waals surface area contributed by atoms with Gasteiger partial charge in [-0.3, -0.25) is 4.98 Å². The summed E-state index contributed by atoms with van der Waals surface area (Å²) >= 11 is 0. The molecule has 0 N–H and O–H groups in total. The third-order valence-electron chi connectivity index (χ3n) is 2.92. The molecule has 19 heavy (non-hydrogen) atoms. The number of benzene rings is 1. The van der Waals surface area contributed by atoms with Crippen LogP contribution >= 0.6 is 0 Å². The van der Waals surface area contributed by atoms with Gasteiger partial charge in [-0.1, -0.05) is 30.3 Å². The fraction of sp³-hybridized carbons (Fsp3) is 0.0625. The third-order valence-corrected chi connectivity index (χ3v) is 2.92. The smallest absolute Gasteiger partial charge is 0.191 e. The highest BCUT2D eigenvalue weighted by atomic mass is 16.5. The highest BCUT2D eigenvalue weighted by Crippen LogP contribution is 2.30. The van der Waals surface area contributed by atoms with Gasteiger partial charge in [-0.15, -0.1) is 6.58 Å². The van der Waals surface area contributed by atoms with Crippen LogP contribution in [-0.4, -0.2) is 4.98 Å². The van der Waals surface area contributed by atoms with Crippen LogP contribution in [0.3, 0.4) is 0 Å². The fourth-order valence-corrected chi connectivity index (χ4v) is 2.09. The lowest BCUT2D eigenvalue weighted by Crippen LogP contribution is -2.02. The first-order valence-corrected chi connectivity index (χ1v) is 6.06. The minimum Gasteiger partial charge on any atom is -0.462 e. The summed E-state index contributed by atoms with van der Waals surface area (Å²) in [6, 6.07) is 10.0. The Kier molecular flexibility index (Phi) is 3.02. The molecule has 0 radical (unpaired) electrons. The Labute approximate surface area is 111 Å². The minimum atomic E-state index is 0.602. The van der Waals surface area contributed by atoms with Gasteiger partial charge in [0.25, 0.3) is 0 Å². The van der Waals surface area contributed by atoms with E-state index in [1.54, 1.807) is 12.3 Å². The van der Waals surface area contributed by atoms with Gasteiger partial charge in [-0.25, -0.2) is 0 Å². The van der Waals surface area contributed by atoms with Crippen molar-refractivity contribution in [1.82, 2.24) is 4.98 Å². The lowest BCUT2D eigenvalue weighted by atomic mass is 10.1. The summed E-state index contributed by atoms with van der Waals surface area (Å²) in [6.07, 6.45) is 7.20. The quantitative estimate of drug-likeness (QED) is 0.773. The van der Waals surface area contributed by atoms with E-state index in [9.17, 15) is 0 Å². The Bertz CT molecular complexity index is 677. The molecule has 1 aliphatic heterocycles. The zero-order chi connectivity index (χ0) is 13.1. The van der Waals surface area contributed by atoms with Crippen LogP contribution in [-0.2, 0) is 9.47 Å². The summed E-state index contributed by atoms with van der Waals surface area (Å²) in [5.74, 6) is 1.38. The van der Waals surface area contributed by atoms with Gasteiger partial charge in [0.15, 0.2) is 11.5 Å². The third kappa shape index (κ3) is 2.10. The van der Waals surface area contributed by atoms with Crippen molar-refractivity contribution in [3.63, 3.8) is 0 Å². The van der Waals surface area contributed by atoms with Crippen molar-refractivity contribution in [2.45, 2.75) is 6.42 Å². The summed E-state index contributed by atoms with van der Waals surface area (Å²) in [5, 5.41) is 2.16. The van der Waals surface area contributed by atoms with Gasteiger partial charge < -0.3 is 9.47 Å². The number of nitrogens with zero attached hydrogens (tertiary/aromatic N) is 1. The van der Waals surface area contributed by atoms with Crippen molar-refractivity contribution in [2.24, 2.45) is 0 Å². The molecule has 1 aliphatic rings. The molecule has 94 valence electrons. The number of ether oxygens (including phenoxy) is 2. The molecule has 0 saturated heterocycles. The van der Waals surface area contributed by atoms with Crippen molar-refractivity contribution in [2.75, 3.05) is 0 Å². The summed E-state index contributed by atoms with van der Waals surface area (Å²) in [4.78, 5) is 4.43. The molecule has 0 atom stereocenters. The van der Waals surface area contributed by atoms with Crippen LogP contribution in [0.15, 0.2) is 67.5 Å². The van der Waals surface area contributed by atoms with E-state index in [1.807, 2.05) is 30.3 Å². The Balaban J connectivity index is 2.20. The van der Waals surface area contributed by atoms with Gasteiger partial charge in [0.2, 0.25) is 0 Å². The number of aromatic nitrogens is 1. The van der Waals surface area contributed by atoms with E-state index in [2.05, 4.69) is 11.6 Å². The van der Waals surface area contributed by atoms with Crippen LogP contribution in [0, 0.1) is 0 Å². The van der Waals surface area contributed by atoms with Gasteiger partial charge in [-0.2, -0.15) is 0 Å². The van der Waals surface area contributed by atoms with Crippen LogP contribution in [0.2, 0.25) is 0 Å². The SMILES string of the molecule is C=CCC1=C(c2nccc3ccccc23)OC=CO1. The predicted octanol–water partition coefficient (Wildman–Crippen LogP) is 4.00.